The van der Waals surface area contributed by atoms with Gasteiger partial charge in [0.25, 0.3) is 0 Å². The molecule has 0 spiro atoms. The highest BCUT2D eigenvalue weighted by molar-refractivity contribution is 14.1. The van der Waals surface area contributed by atoms with E-state index >= 15 is 0 Å². The predicted molar refractivity (Wildman–Crippen MR) is 74.0 cm³/mol. The summed E-state index contributed by atoms with van der Waals surface area (Å²) in [6, 6.07) is 0. The summed E-state index contributed by atoms with van der Waals surface area (Å²) in [5.41, 5.74) is 0. The van der Waals surface area contributed by atoms with Crippen LogP contribution in [0.1, 0.15) is 33.1 Å². The van der Waals surface area contributed by atoms with Gasteiger partial charge >= 0.3 is 6.09 Å². The number of rotatable bonds is 4. The third-order valence-corrected chi connectivity index (χ3v) is 3.99. The van der Waals surface area contributed by atoms with Crippen molar-refractivity contribution in [3.05, 3.63) is 0 Å². The molecule has 94 valence electrons. The molecule has 0 aromatic heterocycles. The number of piperidine rings is 1. The Balaban J connectivity index is 2.28. The van der Waals surface area contributed by atoms with Gasteiger partial charge in [0, 0.05) is 17.5 Å². The molecule has 0 radical (unpaired) electrons. The van der Waals surface area contributed by atoms with E-state index in [0.717, 1.165) is 42.2 Å². The van der Waals surface area contributed by atoms with Crippen LogP contribution in [0, 0.1) is 11.8 Å². The van der Waals surface area contributed by atoms with Crippen molar-refractivity contribution in [1.29, 1.82) is 0 Å². The monoisotopic (exact) mass is 339 g/mol. The number of likely N-dealkylation sites (tertiary alicyclic amines) is 1. The molecule has 0 aliphatic carbocycles. The second kappa shape index (κ2) is 7.35. The number of nitrogens with zero attached hydrogens (tertiary/aromatic N) is 1. The summed E-state index contributed by atoms with van der Waals surface area (Å²) >= 11 is 2.21. The van der Waals surface area contributed by atoms with Gasteiger partial charge in [0.15, 0.2) is 0 Å². The standard InChI is InChI=1S/C12H22INO2/c1-3-10(2)11-4-7-14(8-5-11)12(15)16-9-6-13/h10-11H,3-9H2,1-2H3. The number of hydrogen-bond acceptors (Lipinski definition) is 2. The Morgan fingerprint density at radius 2 is 2.12 bits per heavy atom. The topological polar surface area (TPSA) is 29.5 Å². The summed E-state index contributed by atoms with van der Waals surface area (Å²) in [5, 5.41) is 0. The van der Waals surface area contributed by atoms with E-state index in [1.54, 1.807) is 0 Å². The van der Waals surface area contributed by atoms with Crippen LogP contribution in [0.3, 0.4) is 0 Å². The SMILES string of the molecule is CCC(C)C1CCN(C(=O)OCCI)CC1. The Kier molecular flexibility index (Phi) is 6.46. The second-order valence-corrected chi connectivity index (χ2v) is 5.59. The summed E-state index contributed by atoms with van der Waals surface area (Å²) < 4.78 is 6.00. The first-order chi connectivity index (χ1) is 7.69. The van der Waals surface area contributed by atoms with E-state index in [1.807, 2.05) is 4.90 Å². The van der Waals surface area contributed by atoms with Crippen molar-refractivity contribution in [3.63, 3.8) is 0 Å². The van der Waals surface area contributed by atoms with Crippen molar-refractivity contribution in [2.24, 2.45) is 11.8 Å². The molecule has 1 atom stereocenters. The summed E-state index contributed by atoms with van der Waals surface area (Å²) in [4.78, 5) is 13.5. The third-order valence-electron chi connectivity index (χ3n) is 3.55. The molecule has 1 aliphatic rings. The molecule has 0 N–H and O–H groups in total. The van der Waals surface area contributed by atoms with Crippen molar-refractivity contribution in [1.82, 2.24) is 4.90 Å². The maximum Gasteiger partial charge on any atom is 0.409 e. The van der Waals surface area contributed by atoms with Gasteiger partial charge in [0.2, 0.25) is 0 Å². The molecule has 16 heavy (non-hydrogen) atoms. The van der Waals surface area contributed by atoms with Crippen LogP contribution < -0.4 is 0 Å². The number of carbonyl (C=O) groups is 1. The lowest BCUT2D eigenvalue weighted by atomic mass is 9.84. The lowest BCUT2D eigenvalue weighted by Gasteiger charge is -2.34. The lowest BCUT2D eigenvalue weighted by molar-refractivity contribution is 0.0861. The Morgan fingerprint density at radius 3 is 2.62 bits per heavy atom. The first kappa shape index (κ1) is 14.1. The molecule has 1 aliphatic heterocycles. The van der Waals surface area contributed by atoms with Crippen LogP contribution in [-0.4, -0.2) is 35.1 Å². The minimum atomic E-state index is -0.126. The fourth-order valence-corrected chi connectivity index (χ4v) is 2.42. The van der Waals surface area contributed by atoms with E-state index in [-0.39, 0.29) is 6.09 Å². The zero-order chi connectivity index (χ0) is 12.0. The molecule has 0 aromatic carbocycles. The van der Waals surface area contributed by atoms with E-state index in [1.165, 1.54) is 6.42 Å². The molecule has 0 bridgehead atoms. The Morgan fingerprint density at radius 1 is 1.50 bits per heavy atom. The lowest BCUT2D eigenvalue weighted by Crippen LogP contribution is -2.40. The highest BCUT2D eigenvalue weighted by Crippen LogP contribution is 2.26. The number of ether oxygens (including phenoxy) is 1. The van der Waals surface area contributed by atoms with Crippen LogP contribution in [0.5, 0.6) is 0 Å². The molecule has 1 unspecified atom stereocenters. The van der Waals surface area contributed by atoms with E-state index in [4.69, 9.17) is 4.74 Å². The van der Waals surface area contributed by atoms with Gasteiger partial charge in [-0.15, -0.1) is 0 Å². The summed E-state index contributed by atoms with van der Waals surface area (Å²) in [5.74, 6) is 1.58. The summed E-state index contributed by atoms with van der Waals surface area (Å²) in [6.07, 6.45) is 3.38. The van der Waals surface area contributed by atoms with Crippen LogP contribution in [0.2, 0.25) is 0 Å². The molecule has 0 saturated carbocycles. The average molecular weight is 339 g/mol. The fraction of sp³-hybridized carbons (Fsp3) is 0.917. The predicted octanol–water partition coefficient (Wildman–Crippen LogP) is 3.32. The highest BCUT2D eigenvalue weighted by Gasteiger charge is 2.26. The van der Waals surface area contributed by atoms with Crippen LogP contribution >= 0.6 is 22.6 Å². The maximum absolute atomic E-state index is 11.6. The van der Waals surface area contributed by atoms with E-state index in [0.29, 0.717) is 6.61 Å². The molecule has 4 heteroatoms. The zero-order valence-corrected chi connectivity index (χ0v) is 12.4. The molecule has 1 amide bonds. The minimum absolute atomic E-state index is 0.126. The van der Waals surface area contributed by atoms with Crippen molar-refractivity contribution >= 4 is 28.7 Å². The Hall–Kier alpha value is 0. The number of hydrogen-bond donors (Lipinski definition) is 0. The second-order valence-electron chi connectivity index (χ2n) is 4.51. The minimum Gasteiger partial charge on any atom is -0.449 e. The Bertz CT molecular complexity index is 215. The third kappa shape index (κ3) is 4.11. The highest BCUT2D eigenvalue weighted by atomic mass is 127. The van der Waals surface area contributed by atoms with Crippen LogP contribution in [0.4, 0.5) is 4.79 Å². The van der Waals surface area contributed by atoms with Gasteiger partial charge in [0.05, 0.1) is 0 Å². The molecular formula is C12H22INO2. The quantitative estimate of drug-likeness (QED) is 0.581. The first-order valence-electron chi connectivity index (χ1n) is 6.16. The normalized spacial score (nSPS) is 19.6. The van der Waals surface area contributed by atoms with Crippen LogP contribution in [0.15, 0.2) is 0 Å². The molecule has 1 saturated heterocycles. The van der Waals surface area contributed by atoms with E-state index < -0.39 is 0 Å². The molecular weight excluding hydrogens is 317 g/mol. The first-order valence-corrected chi connectivity index (χ1v) is 7.69. The van der Waals surface area contributed by atoms with Gasteiger partial charge in [-0.25, -0.2) is 4.79 Å². The number of halogens is 1. The molecule has 1 rings (SSSR count). The van der Waals surface area contributed by atoms with Gasteiger partial charge in [-0.2, -0.15) is 0 Å². The fourth-order valence-electron chi connectivity index (χ4n) is 2.20. The average Bonchev–Trinajstić information content (AvgIpc) is 2.35. The largest absolute Gasteiger partial charge is 0.449 e. The summed E-state index contributed by atoms with van der Waals surface area (Å²) in [7, 11) is 0. The zero-order valence-electron chi connectivity index (χ0n) is 10.2. The molecule has 1 heterocycles. The van der Waals surface area contributed by atoms with E-state index in [2.05, 4.69) is 36.4 Å². The van der Waals surface area contributed by atoms with E-state index in [9.17, 15) is 4.79 Å². The van der Waals surface area contributed by atoms with Gasteiger partial charge in [-0.3, -0.25) is 0 Å². The number of alkyl halides is 1. The van der Waals surface area contributed by atoms with Gasteiger partial charge in [-0.1, -0.05) is 42.9 Å². The summed E-state index contributed by atoms with van der Waals surface area (Å²) in [6.45, 7) is 6.83. The van der Waals surface area contributed by atoms with Crippen LogP contribution in [-0.2, 0) is 4.74 Å². The number of carbonyl (C=O) groups excluding carboxylic acids is 1. The van der Waals surface area contributed by atoms with Gasteiger partial charge < -0.3 is 9.64 Å². The molecule has 1 fully saturated rings. The Labute approximate surface area is 112 Å². The maximum atomic E-state index is 11.6. The molecule has 0 aromatic rings. The van der Waals surface area contributed by atoms with Gasteiger partial charge in [0.1, 0.15) is 6.61 Å². The van der Waals surface area contributed by atoms with Crippen molar-refractivity contribution < 1.29 is 9.53 Å². The smallest absolute Gasteiger partial charge is 0.409 e. The van der Waals surface area contributed by atoms with Crippen molar-refractivity contribution in [2.75, 3.05) is 24.1 Å². The van der Waals surface area contributed by atoms with Gasteiger partial charge in [-0.05, 0) is 24.7 Å². The number of amides is 1. The van der Waals surface area contributed by atoms with Crippen molar-refractivity contribution in [2.45, 2.75) is 33.1 Å². The van der Waals surface area contributed by atoms with Crippen molar-refractivity contribution in [3.8, 4) is 0 Å². The molecule has 3 nitrogen and oxygen atoms in total. The van der Waals surface area contributed by atoms with Crippen LogP contribution in [0.25, 0.3) is 0 Å².